The van der Waals surface area contributed by atoms with Crippen molar-refractivity contribution >= 4 is 0 Å². The average molecular weight is 249 g/mol. The van der Waals surface area contributed by atoms with E-state index in [-0.39, 0.29) is 19.3 Å². The number of nitrogens with one attached hydrogen (secondary N) is 1. The molecule has 0 bridgehead atoms. The van der Waals surface area contributed by atoms with Crippen LogP contribution in [0, 0.1) is 6.92 Å². The van der Waals surface area contributed by atoms with Crippen molar-refractivity contribution in [1.29, 1.82) is 0 Å². The van der Waals surface area contributed by atoms with E-state index < -0.39 is 5.54 Å². The summed E-state index contributed by atoms with van der Waals surface area (Å²) in [5, 5.41) is 22.5. The Hall–Kier alpha value is -0.900. The maximum absolute atomic E-state index is 9.52. The molecule has 0 aliphatic heterocycles. The summed E-state index contributed by atoms with van der Waals surface area (Å²) in [6, 6.07) is 6.80. The van der Waals surface area contributed by atoms with E-state index in [2.05, 4.69) is 30.4 Å². The standard InChI is InChI=1S/C15H23NO2/c1-3-15(9-17,10-18)16-14-7-6-12-5-4-11(2)8-13(12)14/h4-5,8,14,16-18H,3,6-7,9-10H2,1-2H3. The molecule has 2 rings (SSSR count). The van der Waals surface area contributed by atoms with Gasteiger partial charge in [0.15, 0.2) is 0 Å². The lowest BCUT2D eigenvalue weighted by molar-refractivity contribution is 0.0775. The van der Waals surface area contributed by atoms with E-state index in [1.807, 2.05) is 6.92 Å². The van der Waals surface area contributed by atoms with Crippen LogP contribution in [0.25, 0.3) is 0 Å². The van der Waals surface area contributed by atoms with Crippen molar-refractivity contribution in [2.45, 2.75) is 44.7 Å². The maximum Gasteiger partial charge on any atom is 0.0650 e. The van der Waals surface area contributed by atoms with Gasteiger partial charge < -0.3 is 15.5 Å². The summed E-state index contributed by atoms with van der Waals surface area (Å²) >= 11 is 0. The smallest absolute Gasteiger partial charge is 0.0650 e. The molecular formula is C15H23NO2. The Labute approximate surface area is 109 Å². The first-order chi connectivity index (χ1) is 8.64. The summed E-state index contributed by atoms with van der Waals surface area (Å²) in [7, 11) is 0. The number of aryl methyl sites for hydroxylation is 2. The van der Waals surface area contributed by atoms with Crippen LogP contribution in [0.2, 0.25) is 0 Å². The Balaban J connectivity index is 2.20. The van der Waals surface area contributed by atoms with Crippen LogP contribution >= 0.6 is 0 Å². The van der Waals surface area contributed by atoms with Gasteiger partial charge in [0.1, 0.15) is 0 Å². The Kier molecular flexibility index (Phi) is 4.05. The summed E-state index contributed by atoms with van der Waals surface area (Å²) in [5.41, 5.74) is 3.42. The third-order valence-electron chi connectivity index (χ3n) is 4.14. The quantitative estimate of drug-likeness (QED) is 0.744. The molecule has 1 unspecified atom stereocenters. The van der Waals surface area contributed by atoms with Crippen LogP contribution in [-0.2, 0) is 6.42 Å². The first kappa shape index (κ1) is 13.5. The second-order valence-electron chi connectivity index (χ2n) is 5.39. The molecule has 1 aromatic rings. The monoisotopic (exact) mass is 249 g/mol. The summed E-state index contributed by atoms with van der Waals surface area (Å²) in [6.07, 6.45) is 2.84. The number of fused-ring (bicyclic) bond motifs is 1. The molecule has 0 aromatic heterocycles. The van der Waals surface area contributed by atoms with Gasteiger partial charge in [0.25, 0.3) is 0 Å². The van der Waals surface area contributed by atoms with Crippen molar-refractivity contribution in [3.05, 3.63) is 34.9 Å². The number of hydrogen-bond donors (Lipinski definition) is 3. The van der Waals surface area contributed by atoms with E-state index >= 15 is 0 Å². The molecular weight excluding hydrogens is 226 g/mol. The van der Waals surface area contributed by atoms with Gasteiger partial charge in [-0.3, -0.25) is 0 Å². The van der Waals surface area contributed by atoms with Crippen LogP contribution in [0.15, 0.2) is 18.2 Å². The first-order valence-corrected chi connectivity index (χ1v) is 6.73. The molecule has 0 amide bonds. The molecule has 3 heteroatoms. The fraction of sp³-hybridized carbons (Fsp3) is 0.600. The van der Waals surface area contributed by atoms with E-state index in [0.717, 1.165) is 19.3 Å². The lowest BCUT2D eigenvalue weighted by Gasteiger charge is -2.33. The van der Waals surface area contributed by atoms with Crippen molar-refractivity contribution in [3.63, 3.8) is 0 Å². The lowest BCUT2D eigenvalue weighted by Crippen LogP contribution is -2.52. The lowest BCUT2D eigenvalue weighted by atomic mass is 9.95. The number of rotatable bonds is 5. The van der Waals surface area contributed by atoms with Gasteiger partial charge in [-0.25, -0.2) is 0 Å². The number of hydrogen-bond acceptors (Lipinski definition) is 3. The highest BCUT2D eigenvalue weighted by Crippen LogP contribution is 2.33. The fourth-order valence-electron chi connectivity index (χ4n) is 2.71. The van der Waals surface area contributed by atoms with Crippen LogP contribution in [-0.4, -0.2) is 29.0 Å². The number of benzene rings is 1. The Morgan fingerprint density at radius 2 is 2.06 bits per heavy atom. The van der Waals surface area contributed by atoms with Gasteiger partial charge in [-0.1, -0.05) is 30.7 Å². The summed E-state index contributed by atoms with van der Waals surface area (Å²) < 4.78 is 0. The van der Waals surface area contributed by atoms with E-state index in [1.54, 1.807) is 0 Å². The molecule has 1 atom stereocenters. The predicted octanol–water partition coefficient (Wildman–Crippen LogP) is 1.71. The second kappa shape index (κ2) is 5.39. The summed E-state index contributed by atoms with van der Waals surface area (Å²) in [4.78, 5) is 0. The van der Waals surface area contributed by atoms with Gasteiger partial charge >= 0.3 is 0 Å². The van der Waals surface area contributed by atoms with Gasteiger partial charge in [-0.15, -0.1) is 0 Å². The van der Waals surface area contributed by atoms with E-state index in [0.29, 0.717) is 0 Å². The molecule has 1 aromatic carbocycles. The Bertz CT molecular complexity index is 405. The summed E-state index contributed by atoms with van der Waals surface area (Å²) in [6.45, 7) is 4.03. The molecule has 3 nitrogen and oxygen atoms in total. The highest BCUT2D eigenvalue weighted by atomic mass is 16.3. The molecule has 18 heavy (non-hydrogen) atoms. The molecule has 0 saturated heterocycles. The van der Waals surface area contributed by atoms with Crippen molar-refractivity contribution < 1.29 is 10.2 Å². The highest BCUT2D eigenvalue weighted by Gasteiger charge is 2.32. The van der Waals surface area contributed by atoms with Crippen molar-refractivity contribution in [3.8, 4) is 0 Å². The van der Waals surface area contributed by atoms with Gasteiger partial charge in [-0.2, -0.15) is 0 Å². The Morgan fingerprint density at radius 3 is 2.67 bits per heavy atom. The third-order valence-corrected chi connectivity index (χ3v) is 4.14. The largest absolute Gasteiger partial charge is 0.394 e. The van der Waals surface area contributed by atoms with Gasteiger partial charge in [0.2, 0.25) is 0 Å². The molecule has 0 saturated carbocycles. The van der Waals surface area contributed by atoms with Crippen LogP contribution in [0.1, 0.15) is 42.5 Å². The maximum atomic E-state index is 9.52. The van der Waals surface area contributed by atoms with Crippen molar-refractivity contribution in [2.24, 2.45) is 0 Å². The van der Waals surface area contributed by atoms with Gasteiger partial charge in [-0.05, 0) is 37.3 Å². The minimum Gasteiger partial charge on any atom is -0.394 e. The molecule has 100 valence electrons. The minimum atomic E-state index is -0.560. The average Bonchev–Trinajstić information content (AvgIpc) is 2.78. The first-order valence-electron chi connectivity index (χ1n) is 6.73. The zero-order valence-corrected chi connectivity index (χ0v) is 11.2. The number of aliphatic hydroxyl groups is 2. The van der Waals surface area contributed by atoms with E-state index in [1.165, 1.54) is 16.7 Å². The minimum absolute atomic E-state index is 0.0301. The topological polar surface area (TPSA) is 52.5 Å². The van der Waals surface area contributed by atoms with Gasteiger partial charge in [0.05, 0.1) is 18.8 Å². The molecule has 1 aliphatic carbocycles. The zero-order valence-electron chi connectivity index (χ0n) is 11.2. The van der Waals surface area contributed by atoms with E-state index in [4.69, 9.17) is 0 Å². The summed E-state index contributed by atoms with van der Waals surface area (Å²) in [5.74, 6) is 0. The molecule has 0 spiro atoms. The van der Waals surface area contributed by atoms with Crippen molar-refractivity contribution in [2.75, 3.05) is 13.2 Å². The molecule has 0 fully saturated rings. The zero-order chi connectivity index (χ0) is 13.2. The number of aliphatic hydroxyl groups excluding tert-OH is 2. The normalized spacial score (nSPS) is 19.0. The van der Waals surface area contributed by atoms with Crippen molar-refractivity contribution in [1.82, 2.24) is 5.32 Å². The molecule has 0 heterocycles. The van der Waals surface area contributed by atoms with Crippen LogP contribution in [0.4, 0.5) is 0 Å². The van der Waals surface area contributed by atoms with Crippen LogP contribution in [0.5, 0.6) is 0 Å². The fourth-order valence-corrected chi connectivity index (χ4v) is 2.71. The molecule has 1 aliphatic rings. The van der Waals surface area contributed by atoms with E-state index in [9.17, 15) is 10.2 Å². The van der Waals surface area contributed by atoms with Gasteiger partial charge in [0, 0.05) is 6.04 Å². The SMILES string of the molecule is CCC(CO)(CO)NC1CCc2ccc(C)cc21. The molecule has 0 radical (unpaired) electrons. The third kappa shape index (κ3) is 2.44. The molecule has 3 N–H and O–H groups in total. The van der Waals surface area contributed by atoms with Crippen LogP contribution in [0.3, 0.4) is 0 Å². The Morgan fingerprint density at radius 1 is 1.33 bits per heavy atom. The highest BCUT2D eigenvalue weighted by molar-refractivity contribution is 5.37. The predicted molar refractivity (Wildman–Crippen MR) is 72.6 cm³/mol. The second-order valence-corrected chi connectivity index (χ2v) is 5.39. The van der Waals surface area contributed by atoms with Crippen LogP contribution < -0.4 is 5.32 Å².